The lowest BCUT2D eigenvalue weighted by molar-refractivity contribution is -0.122. The summed E-state index contributed by atoms with van der Waals surface area (Å²) >= 11 is 0. The Labute approximate surface area is 147 Å². The Kier molecular flexibility index (Phi) is 5.99. The number of amides is 2. The van der Waals surface area contributed by atoms with Crippen molar-refractivity contribution in [1.82, 2.24) is 15.6 Å². The maximum Gasteiger partial charge on any atom is 0.270 e. The van der Waals surface area contributed by atoms with Crippen LogP contribution in [0.4, 0.5) is 0 Å². The second-order valence-electron chi connectivity index (χ2n) is 6.71. The van der Waals surface area contributed by atoms with Gasteiger partial charge in [0.05, 0.1) is 18.8 Å². The summed E-state index contributed by atoms with van der Waals surface area (Å²) in [5.41, 5.74) is 0.351. The van der Waals surface area contributed by atoms with E-state index in [1.54, 1.807) is 24.4 Å². The predicted molar refractivity (Wildman–Crippen MR) is 90.8 cm³/mol. The highest BCUT2D eigenvalue weighted by Crippen LogP contribution is 2.28. The van der Waals surface area contributed by atoms with Crippen LogP contribution in [0.1, 0.15) is 42.6 Å². The molecule has 1 aromatic rings. The monoisotopic (exact) mass is 347 g/mol. The molecule has 0 spiro atoms. The lowest BCUT2D eigenvalue weighted by Crippen LogP contribution is -2.51. The van der Waals surface area contributed by atoms with Gasteiger partial charge in [0.15, 0.2) is 0 Å². The van der Waals surface area contributed by atoms with E-state index in [0.29, 0.717) is 12.2 Å². The van der Waals surface area contributed by atoms with Gasteiger partial charge in [-0.2, -0.15) is 0 Å². The van der Waals surface area contributed by atoms with Crippen LogP contribution in [0.15, 0.2) is 24.4 Å². The molecule has 0 aromatic carbocycles. The quantitative estimate of drug-likeness (QED) is 0.672. The maximum absolute atomic E-state index is 12.2. The van der Waals surface area contributed by atoms with Crippen molar-refractivity contribution in [3.05, 3.63) is 30.1 Å². The van der Waals surface area contributed by atoms with Crippen LogP contribution in [0.25, 0.3) is 0 Å². The number of aromatic nitrogens is 1. The fourth-order valence-electron chi connectivity index (χ4n) is 3.09. The number of carbonyl (C=O) groups excluding carboxylic acids is 2. The summed E-state index contributed by atoms with van der Waals surface area (Å²) in [7, 11) is 0. The zero-order valence-corrected chi connectivity index (χ0v) is 14.2. The van der Waals surface area contributed by atoms with E-state index in [4.69, 9.17) is 4.74 Å². The van der Waals surface area contributed by atoms with Gasteiger partial charge < -0.3 is 20.5 Å². The molecular weight excluding hydrogens is 322 g/mol. The third-order valence-corrected chi connectivity index (χ3v) is 4.72. The van der Waals surface area contributed by atoms with Gasteiger partial charge in [-0.05, 0) is 44.2 Å². The molecule has 25 heavy (non-hydrogen) atoms. The number of carbonyl (C=O) groups is 2. The minimum absolute atomic E-state index is 0.0142. The van der Waals surface area contributed by atoms with Crippen LogP contribution in [0.2, 0.25) is 0 Å². The van der Waals surface area contributed by atoms with Crippen molar-refractivity contribution in [2.75, 3.05) is 13.2 Å². The summed E-state index contributed by atoms with van der Waals surface area (Å²) in [6.45, 7) is 0.432. The third-order valence-electron chi connectivity index (χ3n) is 4.72. The van der Waals surface area contributed by atoms with Crippen LogP contribution >= 0.6 is 0 Å². The van der Waals surface area contributed by atoms with Gasteiger partial charge >= 0.3 is 0 Å². The van der Waals surface area contributed by atoms with Crippen molar-refractivity contribution >= 4 is 11.8 Å². The van der Waals surface area contributed by atoms with Crippen molar-refractivity contribution in [3.8, 4) is 0 Å². The van der Waals surface area contributed by atoms with Gasteiger partial charge in [-0.1, -0.05) is 6.07 Å². The smallest absolute Gasteiger partial charge is 0.270 e. The molecule has 1 saturated carbocycles. The highest BCUT2D eigenvalue weighted by Gasteiger charge is 2.33. The number of nitrogens with zero attached hydrogens (tertiary/aromatic N) is 1. The Morgan fingerprint density at radius 3 is 2.76 bits per heavy atom. The second kappa shape index (κ2) is 8.40. The first-order valence-electron chi connectivity index (χ1n) is 8.93. The van der Waals surface area contributed by atoms with Crippen molar-refractivity contribution in [2.45, 2.75) is 50.4 Å². The molecule has 1 aliphatic carbocycles. The number of pyridine rings is 1. The van der Waals surface area contributed by atoms with E-state index in [2.05, 4.69) is 15.6 Å². The van der Waals surface area contributed by atoms with Crippen molar-refractivity contribution in [1.29, 1.82) is 0 Å². The van der Waals surface area contributed by atoms with Crippen molar-refractivity contribution in [2.24, 2.45) is 5.92 Å². The lowest BCUT2D eigenvalue weighted by Gasteiger charge is -2.36. The van der Waals surface area contributed by atoms with Gasteiger partial charge in [-0.15, -0.1) is 0 Å². The third kappa shape index (κ3) is 4.99. The van der Waals surface area contributed by atoms with Gasteiger partial charge in [-0.25, -0.2) is 0 Å². The largest absolute Gasteiger partial charge is 0.394 e. The SMILES string of the molecule is O=C(N[C@@H]1CC[C@@H](CCNC(=O)C2CC2)O[C@@H]1CO)c1ccccn1. The van der Waals surface area contributed by atoms with E-state index in [0.717, 1.165) is 32.1 Å². The molecule has 1 aromatic heterocycles. The zero-order valence-electron chi connectivity index (χ0n) is 14.2. The molecule has 7 heteroatoms. The normalized spacial score (nSPS) is 26.0. The Morgan fingerprint density at radius 1 is 1.24 bits per heavy atom. The van der Waals surface area contributed by atoms with Gasteiger partial charge in [0.1, 0.15) is 11.8 Å². The fraction of sp³-hybridized carbons (Fsp3) is 0.611. The van der Waals surface area contributed by atoms with Crippen LogP contribution < -0.4 is 10.6 Å². The van der Waals surface area contributed by atoms with E-state index >= 15 is 0 Å². The molecule has 3 rings (SSSR count). The van der Waals surface area contributed by atoms with E-state index < -0.39 is 6.10 Å². The lowest BCUT2D eigenvalue weighted by atomic mass is 9.97. The molecule has 0 bridgehead atoms. The van der Waals surface area contributed by atoms with E-state index in [9.17, 15) is 14.7 Å². The number of rotatable bonds is 7. The van der Waals surface area contributed by atoms with Gasteiger partial charge in [0.25, 0.3) is 5.91 Å². The maximum atomic E-state index is 12.2. The first kappa shape index (κ1) is 17.8. The molecule has 3 N–H and O–H groups in total. The van der Waals surface area contributed by atoms with Crippen LogP contribution in [-0.4, -0.2) is 53.3 Å². The molecule has 2 aliphatic rings. The van der Waals surface area contributed by atoms with Crippen LogP contribution in [-0.2, 0) is 9.53 Å². The van der Waals surface area contributed by atoms with Crippen LogP contribution in [0.5, 0.6) is 0 Å². The topological polar surface area (TPSA) is 101 Å². The average molecular weight is 347 g/mol. The summed E-state index contributed by atoms with van der Waals surface area (Å²) in [5, 5.41) is 15.4. The van der Waals surface area contributed by atoms with Gasteiger partial charge in [0.2, 0.25) is 5.91 Å². The molecule has 1 saturated heterocycles. The molecule has 1 aliphatic heterocycles. The molecule has 2 heterocycles. The van der Waals surface area contributed by atoms with Crippen LogP contribution in [0, 0.1) is 5.92 Å². The average Bonchev–Trinajstić information content (AvgIpc) is 3.48. The highest BCUT2D eigenvalue weighted by atomic mass is 16.5. The first-order chi connectivity index (χ1) is 12.2. The van der Waals surface area contributed by atoms with Gasteiger partial charge in [0, 0.05) is 18.7 Å². The Morgan fingerprint density at radius 2 is 2.08 bits per heavy atom. The standard InChI is InChI=1S/C18H25N3O4/c22-11-16-14(21-18(24)15-3-1-2-9-19-15)7-6-13(25-16)8-10-20-17(23)12-4-5-12/h1-3,9,12-14,16,22H,4-8,10-11H2,(H,20,23)(H,21,24)/t13-,14+,16+/m0/s1. The minimum atomic E-state index is -0.439. The molecule has 2 fully saturated rings. The molecule has 3 atom stereocenters. The number of ether oxygens (including phenoxy) is 1. The summed E-state index contributed by atoms with van der Waals surface area (Å²) in [6.07, 6.45) is 5.34. The summed E-state index contributed by atoms with van der Waals surface area (Å²) in [4.78, 5) is 27.9. The number of hydrogen-bond acceptors (Lipinski definition) is 5. The summed E-state index contributed by atoms with van der Waals surface area (Å²) < 4.78 is 5.91. The van der Waals surface area contributed by atoms with E-state index in [-0.39, 0.29) is 36.5 Å². The fourth-order valence-corrected chi connectivity index (χ4v) is 3.09. The van der Waals surface area contributed by atoms with Crippen molar-refractivity contribution < 1.29 is 19.4 Å². The molecule has 7 nitrogen and oxygen atoms in total. The molecule has 136 valence electrons. The van der Waals surface area contributed by atoms with E-state index in [1.165, 1.54) is 0 Å². The zero-order chi connectivity index (χ0) is 17.6. The molecule has 0 unspecified atom stereocenters. The first-order valence-corrected chi connectivity index (χ1v) is 8.93. The molecule has 0 radical (unpaired) electrons. The minimum Gasteiger partial charge on any atom is -0.394 e. The summed E-state index contributed by atoms with van der Waals surface area (Å²) in [6, 6.07) is 4.92. The number of aliphatic hydroxyl groups is 1. The van der Waals surface area contributed by atoms with E-state index in [1.807, 2.05) is 0 Å². The number of aliphatic hydroxyl groups excluding tert-OH is 1. The predicted octanol–water partition coefficient (Wildman–Crippen LogP) is 0.636. The molecule has 2 amide bonds. The number of nitrogens with one attached hydrogen (secondary N) is 2. The van der Waals surface area contributed by atoms with Crippen molar-refractivity contribution in [3.63, 3.8) is 0 Å². The van der Waals surface area contributed by atoms with Crippen LogP contribution in [0.3, 0.4) is 0 Å². The Bertz CT molecular complexity index is 591. The summed E-state index contributed by atoms with van der Waals surface area (Å²) in [5.74, 6) is 0.0847. The second-order valence-corrected chi connectivity index (χ2v) is 6.71. The Balaban J connectivity index is 1.44. The molecular formula is C18H25N3O4. The van der Waals surface area contributed by atoms with Gasteiger partial charge in [-0.3, -0.25) is 14.6 Å². The Hall–Kier alpha value is -1.99. The number of hydrogen-bond donors (Lipinski definition) is 3. The highest BCUT2D eigenvalue weighted by molar-refractivity contribution is 5.92.